The first-order valence-electron chi connectivity index (χ1n) is 7.02. The predicted molar refractivity (Wildman–Crippen MR) is 84.2 cm³/mol. The monoisotopic (exact) mass is 292 g/mol. The zero-order valence-electron chi connectivity index (χ0n) is 13.1. The van der Waals surface area contributed by atoms with Gasteiger partial charge in [-0.2, -0.15) is 0 Å². The highest BCUT2D eigenvalue weighted by atomic mass is 16.2. The predicted octanol–water partition coefficient (Wildman–Crippen LogP) is 1.57. The summed E-state index contributed by atoms with van der Waals surface area (Å²) >= 11 is 0. The van der Waals surface area contributed by atoms with Crippen LogP contribution in [0.15, 0.2) is 24.3 Å². The Morgan fingerprint density at radius 2 is 2.00 bits per heavy atom. The van der Waals surface area contributed by atoms with Crippen molar-refractivity contribution in [3.63, 3.8) is 0 Å². The summed E-state index contributed by atoms with van der Waals surface area (Å²) < 4.78 is 0. The topological polar surface area (TPSA) is 73.5 Å². The first-order valence-corrected chi connectivity index (χ1v) is 7.02. The summed E-state index contributed by atoms with van der Waals surface area (Å²) in [7, 11) is 3.29. The molecule has 6 heteroatoms. The summed E-state index contributed by atoms with van der Waals surface area (Å²) in [5.41, 5.74) is 1.80. The van der Waals surface area contributed by atoms with Gasteiger partial charge in [0, 0.05) is 25.8 Å². The van der Waals surface area contributed by atoms with Gasteiger partial charge in [0.05, 0.1) is 6.54 Å². The Bertz CT molecular complexity index is 488. The molecule has 0 fully saturated rings. The van der Waals surface area contributed by atoms with E-state index in [2.05, 4.69) is 22.9 Å². The lowest BCUT2D eigenvalue weighted by atomic mass is 10.1. The van der Waals surface area contributed by atoms with Crippen molar-refractivity contribution in [3.05, 3.63) is 29.8 Å². The van der Waals surface area contributed by atoms with Gasteiger partial charge in [-0.1, -0.05) is 19.1 Å². The molecule has 1 aromatic carbocycles. The fraction of sp³-hybridized carbons (Fsp3) is 0.467. The van der Waals surface area contributed by atoms with Crippen LogP contribution in [0.5, 0.6) is 0 Å². The van der Waals surface area contributed by atoms with Crippen molar-refractivity contribution in [1.29, 1.82) is 0 Å². The number of nitrogens with one attached hydrogen (secondary N) is 3. The average Bonchev–Trinajstić information content (AvgIpc) is 2.45. The van der Waals surface area contributed by atoms with Crippen LogP contribution in [0.1, 0.15) is 25.5 Å². The number of hydrogen-bond acceptors (Lipinski definition) is 3. The van der Waals surface area contributed by atoms with E-state index < -0.39 is 6.03 Å². The van der Waals surface area contributed by atoms with E-state index >= 15 is 0 Å². The van der Waals surface area contributed by atoms with Gasteiger partial charge in [0.2, 0.25) is 5.91 Å². The molecule has 1 atom stereocenters. The lowest BCUT2D eigenvalue weighted by Crippen LogP contribution is -2.38. The molecule has 6 nitrogen and oxygen atoms in total. The molecule has 0 aliphatic heterocycles. The second kappa shape index (κ2) is 8.26. The molecule has 21 heavy (non-hydrogen) atoms. The van der Waals surface area contributed by atoms with Crippen molar-refractivity contribution >= 4 is 17.6 Å². The number of carbonyl (C=O) groups is 2. The maximum absolute atomic E-state index is 11.7. The zero-order valence-corrected chi connectivity index (χ0v) is 13.1. The minimum atomic E-state index is -0.390. The van der Waals surface area contributed by atoms with Crippen molar-refractivity contribution in [3.8, 4) is 0 Å². The van der Waals surface area contributed by atoms with Gasteiger partial charge in [-0.15, -0.1) is 0 Å². The number of anilines is 1. The van der Waals surface area contributed by atoms with Gasteiger partial charge in [0.25, 0.3) is 0 Å². The summed E-state index contributed by atoms with van der Waals surface area (Å²) in [6.07, 6.45) is 0. The molecule has 0 spiro atoms. The zero-order chi connectivity index (χ0) is 15.8. The highest BCUT2D eigenvalue weighted by Gasteiger charge is 2.08. The number of nitrogens with zero attached hydrogens (tertiary/aromatic N) is 1. The minimum Gasteiger partial charge on any atom is -0.347 e. The quantitative estimate of drug-likeness (QED) is 0.745. The van der Waals surface area contributed by atoms with Gasteiger partial charge < -0.3 is 20.9 Å². The van der Waals surface area contributed by atoms with Gasteiger partial charge in [0.1, 0.15) is 0 Å². The van der Waals surface area contributed by atoms with E-state index in [1.165, 1.54) is 4.90 Å². The van der Waals surface area contributed by atoms with E-state index in [1.807, 2.05) is 31.2 Å². The number of benzene rings is 1. The number of rotatable bonds is 6. The lowest BCUT2D eigenvalue weighted by molar-refractivity contribution is -0.127. The van der Waals surface area contributed by atoms with Crippen molar-refractivity contribution in [1.82, 2.24) is 15.5 Å². The van der Waals surface area contributed by atoms with Crippen LogP contribution in [0, 0.1) is 0 Å². The molecule has 0 aromatic heterocycles. The normalized spacial score (nSPS) is 11.6. The smallest absolute Gasteiger partial charge is 0.319 e. The van der Waals surface area contributed by atoms with Crippen molar-refractivity contribution in [2.75, 3.05) is 32.5 Å². The van der Waals surface area contributed by atoms with Gasteiger partial charge >= 0.3 is 6.03 Å². The average molecular weight is 292 g/mol. The number of carbonyl (C=O) groups excluding carboxylic acids is 2. The SMILES string of the molecule is CCNC(C)c1cccc(NC(=O)NCC(=O)N(C)C)c1. The first-order chi connectivity index (χ1) is 9.93. The third-order valence-electron chi connectivity index (χ3n) is 3.05. The highest BCUT2D eigenvalue weighted by Crippen LogP contribution is 2.17. The molecule has 116 valence electrons. The third-order valence-corrected chi connectivity index (χ3v) is 3.05. The largest absolute Gasteiger partial charge is 0.347 e. The summed E-state index contributed by atoms with van der Waals surface area (Å²) in [6.45, 7) is 4.98. The van der Waals surface area contributed by atoms with Gasteiger partial charge in [-0.3, -0.25) is 4.79 Å². The molecule has 0 aliphatic carbocycles. The molecular formula is C15H24N4O2. The Hall–Kier alpha value is -2.08. The lowest BCUT2D eigenvalue weighted by Gasteiger charge is -2.15. The molecule has 0 heterocycles. The van der Waals surface area contributed by atoms with E-state index in [0.29, 0.717) is 5.69 Å². The molecule has 0 radical (unpaired) electrons. The van der Waals surface area contributed by atoms with Crippen LogP contribution >= 0.6 is 0 Å². The molecule has 1 aromatic rings. The van der Waals surface area contributed by atoms with Gasteiger partial charge in [-0.25, -0.2) is 4.79 Å². The van der Waals surface area contributed by atoms with Crippen LogP contribution in [-0.2, 0) is 4.79 Å². The Morgan fingerprint density at radius 3 is 2.62 bits per heavy atom. The van der Waals surface area contributed by atoms with E-state index in [4.69, 9.17) is 0 Å². The molecule has 3 amide bonds. The molecule has 1 unspecified atom stereocenters. The fourth-order valence-corrected chi connectivity index (χ4v) is 1.80. The second-order valence-electron chi connectivity index (χ2n) is 5.00. The van der Waals surface area contributed by atoms with Crippen LogP contribution in [0.25, 0.3) is 0 Å². The standard InChI is InChI=1S/C15H24N4O2/c1-5-16-11(2)12-7-6-8-13(9-12)18-15(21)17-10-14(20)19(3)4/h6-9,11,16H,5,10H2,1-4H3,(H2,17,18,21). The molecule has 0 bridgehead atoms. The first kappa shape index (κ1) is 17.0. The van der Waals surface area contributed by atoms with Gasteiger partial charge in [0.15, 0.2) is 0 Å². The van der Waals surface area contributed by atoms with Crippen molar-refractivity contribution in [2.24, 2.45) is 0 Å². The molecule has 0 saturated heterocycles. The Balaban J connectivity index is 2.56. The van der Waals surface area contributed by atoms with Crippen molar-refractivity contribution in [2.45, 2.75) is 19.9 Å². The van der Waals surface area contributed by atoms with Crippen LogP contribution < -0.4 is 16.0 Å². The molecular weight excluding hydrogens is 268 g/mol. The summed E-state index contributed by atoms with van der Waals surface area (Å²) in [6, 6.07) is 7.46. The summed E-state index contributed by atoms with van der Waals surface area (Å²) in [5, 5.41) is 8.57. The second-order valence-corrected chi connectivity index (χ2v) is 5.00. The van der Waals surface area contributed by atoms with Crippen LogP contribution in [0.4, 0.5) is 10.5 Å². The van der Waals surface area contributed by atoms with E-state index in [9.17, 15) is 9.59 Å². The molecule has 0 saturated carbocycles. The van der Waals surface area contributed by atoms with Crippen molar-refractivity contribution < 1.29 is 9.59 Å². The van der Waals surface area contributed by atoms with E-state index in [1.54, 1.807) is 14.1 Å². The van der Waals surface area contributed by atoms with E-state index in [-0.39, 0.29) is 18.5 Å². The highest BCUT2D eigenvalue weighted by molar-refractivity contribution is 5.92. The Morgan fingerprint density at radius 1 is 1.29 bits per heavy atom. The van der Waals surface area contributed by atoms with Crippen LogP contribution in [0.3, 0.4) is 0 Å². The summed E-state index contributed by atoms with van der Waals surface area (Å²) in [5.74, 6) is -0.153. The fourth-order valence-electron chi connectivity index (χ4n) is 1.80. The maximum atomic E-state index is 11.7. The van der Waals surface area contributed by atoms with Crippen LogP contribution in [0.2, 0.25) is 0 Å². The summed E-state index contributed by atoms with van der Waals surface area (Å²) in [4.78, 5) is 24.6. The molecule has 0 aliphatic rings. The molecule has 1 rings (SSSR count). The number of likely N-dealkylation sites (N-methyl/N-ethyl adjacent to an activating group) is 1. The third kappa shape index (κ3) is 5.83. The maximum Gasteiger partial charge on any atom is 0.319 e. The Labute approximate surface area is 125 Å². The Kier molecular flexibility index (Phi) is 6.68. The van der Waals surface area contributed by atoms with Crippen LogP contribution in [-0.4, -0.2) is 44.0 Å². The number of amides is 3. The number of urea groups is 1. The molecule has 3 N–H and O–H groups in total. The minimum absolute atomic E-state index is 0.0215. The number of hydrogen-bond donors (Lipinski definition) is 3. The van der Waals surface area contributed by atoms with E-state index in [0.717, 1.165) is 12.1 Å². The van der Waals surface area contributed by atoms with Gasteiger partial charge in [-0.05, 0) is 31.2 Å².